The Morgan fingerprint density at radius 3 is 1.44 bits per heavy atom. The van der Waals surface area contributed by atoms with Gasteiger partial charge in [0.05, 0.1) is 13.3 Å². The molecule has 3 aliphatic heterocycles. The third kappa shape index (κ3) is 3.40. The van der Waals surface area contributed by atoms with E-state index in [1.807, 2.05) is 0 Å². The summed E-state index contributed by atoms with van der Waals surface area (Å²) >= 11 is 0. The van der Waals surface area contributed by atoms with Gasteiger partial charge in [-0.15, -0.1) is 0 Å². The van der Waals surface area contributed by atoms with Gasteiger partial charge in [0.1, 0.15) is 0 Å². The molecule has 3 aliphatic rings. The first-order chi connectivity index (χ1) is 8.90. The van der Waals surface area contributed by atoms with Crippen LogP contribution >= 0.6 is 0 Å². The first-order valence-electron chi connectivity index (χ1n) is 7.21. The van der Waals surface area contributed by atoms with Crippen molar-refractivity contribution in [2.24, 2.45) is 0 Å². The van der Waals surface area contributed by atoms with E-state index in [-0.39, 0.29) is 0 Å². The van der Waals surface area contributed by atoms with Crippen LogP contribution < -0.4 is 10.6 Å². The van der Waals surface area contributed by atoms with Gasteiger partial charge in [0, 0.05) is 65.7 Å². The molecule has 0 aromatic rings. The molecule has 0 amide bonds. The lowest BCUT2D eigenvalue weighted by Gasteiger charge is -2.22. The van der Waals surface area contributed by atoms with Gasteiger partial charge in [-0.3, -0.25) is 19.6 Å². The second-order valence-corrected chi connectivity index (χ2v) is 5.62. The molecule has 18 heavy (non-hydrogen) atoms. The second-order valence-electron chi connectivity index (χ2n) is 5.62. The molecule has 6 heteroatoms. The van der Waals surface area contributed by atoms with E-state index < -0.39 is 0 Å². The lowest BCUT2D eigenvalue weighted by Crippen LogP contribution is -2.41. The zero-order valence-corrected chi connectivity index (χ0v) is 11.3. The van der Waals surface area contributed by atoms with Gasteiger partial charge in [0.2, 0.25) is 0 Å². The molecule has 4 atom stereocenters. The van der Waals surface area contributed by atoms with Crippen LogP contribution in [0, 0.1) is 0 Å². The second kappa shape index (κ2) is 6.27. The summed E-state index contributed by atoms with van der Waals surface area (Å²) in [6, 6.07) is 0. The summed E-state index contributed by atoms with van der Waals surface area (Å²) in [5.41, 5.74) is 0. The highest BCUT2D eigenvalue weighted by molar-refractivity contribution is 4.74. The maximum absolute atomic E-state index is 3.57. The molecule has 0 radical (unpaired) electrons. The molecule has 4 unspecified atom stereocenters. The van der Waals surface area contributed by atoms with Crippen molar-refractivity contribution in [3.05, 3.63) is 0 Å². The van der Waals surface area contributed by atoms with Crippen LogP contribution in [0.15, 0.2) is 0 Å². The van der Waals surface area contributed by atoms with Crippen molar-refractivity contribution in [1.29, 1.82) is 0 Å². The predicted molar refractivity (Wildman–Crippen MR) is 72.0 cm³/mol. The van der Waals surface area contributed by atoms with Gasteiger partial charge in [-0.05, 0) is 0 Å². The number of fused-ring (bicyclic) bond motifs is 4. The third-order valence-corrected chi connectivity index (χ3v) is 4.15. The molecular formula is C12H26N6. The van der Waals surface area contributed by atoms with Gasteiger partial charge in [-0.2, -0.15) is 0 Å². The Morgan fingerprint density at radius 2 is 0.944 bits per heavy atom. The molecule has 0 aromatic carbocycles. The highest BCUT2D eigenvalue weighted by Gasteiger charge is 2.21. The number of nitrogens with one attached hydrogen (secondary N) is 2. The molecule has 3 heterocycles. The third-order valence-electron chi connectivity index (χ3n) is 4.15. The summed E-state index contributed by atoms with van der Waals surface area (Å²) in [4.78, 5) is 10.1. The Labute approximate surface area is 110 Å². The molecule has 0 saturated carbocycles. The summed E-state index contributed by atoms with van der Waals surface area (Å²) < 4.78 is 0. The average molecular weight is 254 g/mol. The molecule has 4 bridgehead atoms. The molecule has 2 N–H and O–H groups in total. The van der Waals surface area contributed by atoms with Gasteiger partial charge < -0.3 is 10.6 Å². The number of rotatable bonds is 0. The van der Waals surface area contributed by atoms with Gasteiger partial charge in [0.25, 0.3) is 0 Å². The van der Waals surface area contributed by atoms with E-state index in [1.54, 1.807) is 0 Å². The maximum Gasteiger partial charge on any atom is 0.0519 e. The maximum atomic E-state index is 3.57. The van der Waals surface area contributed by atoms with Gasteiger partial charge >= 0.3 is 0 Å². The van der Waals surface area contributed by atoms with Crippen LogP contribution in [0.1, 0.15) is 0 Å². The monoisotopic (exact) mass is 254 g/mol. The fraction of sp³-hybridized carbons (Fsp3) is 1.00. The van der Waals surface area contributed by atoms with E-state index >= 15 is 0 Å². The Bertz CT molecular complexity index is 211. The highest BCUT2D eigenvalue weighted by atomic mass is 15.4. The number of hydrogen-bond acceptors (Lipinski definition) is 6. The molecular weight excluding hydrogens is 228 g/mol. The normalized spacial score (nSPS) is 42.7. The standard InChI is InChI=1S/C12H26N6/c1-3-15-5-7-18(11-15)10-14-2-4-16-6-8-17(12-16)9-13-1/h13-14H,1-12H2. The minimum atomic E-state index is 1.04. The van der Waals surface area contributed by atoms with Gasteiger partial charge in [-0.1, -0.05) is 0 Å². The van der Waals surface area contributed by atoms with E-state index in [0.29, 0.717) is 0 Å². The quantitative estimate of drug-likeness (QED) is 0.534. The van der Waals surface area contributed by atoms with Crippen LogP contribution in [0.3, 0.4) is 0 Å². The van der Waals surface area contributed by atoms with Crippen LogP contribution in [0.25, 0.3) is 0 Å². The molecule has 0 spiro atoms. The summed E-state index contributed by atoms with van der Waals surface area (Å²) in [6.45, 7) is 13.8. The Kier molecular flexibility index (Phi) is 4.45. The molecule has 0 aromatic heterocycles. The van der Waals surface area contributed by atoms with Crippen LogP contribution in [0.5, 0.6) is 0 Å². The average Bonchev–Trinajstić information content (AvgIpc) is 2.99. The SMILES string of the molecule is C1CN2CCN(CNCCN3CCN(CN1)C3)C2. The summed E-state index contributed by atoms with van der Waals surface area (Å²) in [5, 5.41) is 7.15. The van der Waals surface area contributed by atoms with Crippen molar-refractivity contribution in [2.45, 2.75) is 0 Å². The van der Waals surface area contributed by atoms with E-state index in [1.165, 1.54) is 39.3 Å². The minimum absolute atomic E-state index is 1.04. The summed E-state index contributed by atoms with van der Waals surface area (Å²) in [6.07, 6.45) is 0. The Morgan fingerprint density at radius 1 is 0.500 bits per heavy atom. The molecule has 3 rings (SSSR count). The summed E-state index contributed by atoms with van der Waals surface area (Å²) in [5.74, 6) is 0. The molecule has 3 fully saturated rings. The van der Waals surface area contributed by atoms with Crippen molar-refractivity contribution >= 4 is 0 Å². The minimum Gasteiger partial charge on any atom is -0.303 e. The van der Waals surface area contributed by atoms with Gasteiger partial charge in [-0.25, -0.2) is 0 Å². The fourth-order valence-electron chi connectivity index (χ4n) is 2.99. The zero-order chi connectivity index (χ0) is 12.2. The van der Waals surface area contributed by atoms with Crippen molar-refractivity contribution in [3.63, 3.8) is 0 Å². The smallest absolute Gasteiger partial charge is 0.0519 e. The lowest BCUT2D eigenvalue weighted by molar-refractivity contribution is 0.201. The highest BCUT2D eigenvalue weighted by Crippen LogP contribution is 2.04. The largest absolute Gasteiger partial charge is 0.303 e. The van der Waals surface area contributed by atoms with Crippen LogP contribution in [0.2, 0.25) is 0 Å². The lowest BCUT2D eigenvalue weighted by atomic mass is 10.5. The van der Waals surface area contributed by atoms with E-state index in [2.05, 4.69) is 30.2 Å². The van der Waals surface area contributed by atoms with E-state index in [4.69, 9.17) is 0 Å². The molecule has 6 nitrogen and oxygen atoms in total. The molecule has 3 saturated heterocycles. The van der Waals surface area contributed by atoms with Crippen molar-refractivity contribution < 1.29 is 0 Å². The Balaban J connectivity index is 1.50. The number of nitrogens with zero attached hydrogens (tertiary/aromatic N) is 4. The van der Waals surface area contributed by atoms with Crippen LogP contribution in [0.4, 0.5) is 0 Å². The van der Waals surface area contributed by atoms with Crippen molar-refractivity contribution in [2.75, 3.05) is 79.0 Å². The molecule has 0 aliphatic carbocycles. The number of hydrogen-bond donors (Lipinski definition) is 2. The van der Waals surface area contributed by atoms with Crippen molar-refractivity contribution in [3.8, 4) is 0 Å². The van der Waals surface area contributed by atoms with Gasteiger partial charge in [0.15, 0.2) is 0 Å². The first kappa shape index (κ1) is 12.8. The first-order valence-corrected chi connectivity index (χ1v) is 7.21. The topological polar surface area (TPSA) is 37.0 Å². The Hall–Kier alpha value is -0.240. The molecule has 104 valence electrons. The van der Waals surface area contributed by atoms with Crippen molar-refractivity contribution in [1.82, 2.24) is 30.2 Å². The van der Waals surface area contributed by atoms with Crippen LogP contribution in [-0.4, -0.2) is 98.6 Å². The summed E-state index contributed by atoms with van der Waals surface area (Å²) in [7, 11) is 0. The fourth-order valence-corrected chi connectivity index (χ4v) is 2.99. The van der Waals surface area contributed by atoms with Crippen LogP contribution in [-0.2, 0) is 0 Å². The predicted octanol–water partition coefficient (Wildman–Crippen LogP) is -1.76. The van der Waals surface area contributed by atoms with E-state index in [0.717, 1.165) is 39.8 Å². The zero-order valence-electron chi connectivity index (χ0n) is 11.3. The van der Waals surface area contributed by atoms with E-state index in [9.17, 15) is 0 Å².